The lowest BCUT2D eigenvalue weighted by Gasteiger charge is -2.39. The fourth-order valence-corrected chi connectivity index (χ4v) is 3.12. The minimum atomic E-state index is 0.769. The van der Waals surface area contributed by atoms with Crippen molar-refractivity contribution < 1.29 is 0 Å². The molecule has 16 heavy (non-hydrogen) atoms. The lowest BCUT2D eigenvalue weighted by Crippen LogP contribution is -2.50. The Morgan fingerprint density at radius 1 is 1.31 bits per heavy atom. The zero-order chi connectivity index (χ0) is 11.4. The van der Waals surface area contributed by atoms with Crippen LogP contribution < -0.4 is 5.32 Å². The highest BCUT2D eigenvalue weighted by molar-refractivity contribution is 4.94. The van der Waals surface area contributed by atoms with E-state index in [0.717, 1.165) is 12.1 Å². The molecule has 0 spiro atoms. The first kappa shape index (κ1) is 12.1. The van der Waals surface area contributed by atoms with E-state index in [1.807, 2.05) is 0 Å². The predicted octanol–water partition coefficient (Wildman–Crippen LogP) is 2.56. The Morgan fingerprint density at radius 3 is 2.88 bits per heavy atom. The van der Waals surface area contributed by atoms with Gasteiger partial charge in [-0.3, -0.25) is 4.90 Å². The van der Waals surface area contributed by atoms with E-state index >= 15 is 0 Å². The highest BCUT2D eigenvalue weighted by atomic mass is 15.2. The summed E-state index contributed by atoms with van der Waals surface area (Å²) < 4.78 is 0. The van der Waals surface area contributed by atoms with Crippen LogP contribution in [0, 0.1) is 0 Å². The van der Waals surface area contributed by atoms with Crippen LogP contribution in [0.1, 0.15) is 45.4 Å². The molecule has 0 radical (unpaired) electrons. The standard InChI is InChI=1S/C14H26N2/c1-12(2)8-11-16-10-4-3-7-14(16)13-6-5-9-15-13/h13-15H,1,3-11H2,2H3. The molecule has 1 N–H and O–H groups in total. The molecule has 2 saturated heterocycles. The molecule has 0 aromatic heterocycles. The normalized spacial score (nSPS) is 31.8. The van der Waals surface area contributed by atoms with Crippen molar-refractivity contribution in [2.24, 2.45) is 0 Å². The lowest BCUT2D eigenvalue weighted by atomic mass is 9.94. The number of hydrogen-bond donors (Lipinski definition) is 1. The average molecular weight is 222 g/mol. The summed E-state index contributed by atoms with van der Waals surface area (Å²) in [6.07, 6.45) is 8.13. The maximum Gasteiger partial charge on any atom is 0.0249 e. The van der Waals surface area contributed by atoms with Gasteiger partial charge in [-0.1, -0.05) is 12.0 Å². The molecule has 2 aliphatic rings. The van der Waals surface area contributed by atoms with E-state index in [1.165, 1.54) is 63.7 Å². The van der Waals surface area contributed by atoms with Gasteiger partial charge in [-0.15, -0.1) is 6.58 Å². The molecule has 2 atom stereocenters. The second-order valence-corrected chi connectivity index (χ2v) is 5.51. The van der Waals surface area contributed by atoms with Gasteiger partial charge >= 0.3 is 0 Å². The van der Waals surface area contributed by atoms with E-state index in [1.54, 1.807) is 0 Å². The number of likely N-dealkylation sites (tertiary alicyclic amines) is 1. The van der Waals surface area contributed by atoms with Crippen LogP contribution in [-0.4, -0.2) is 36.6 Å². The monoisotopic (exact) mass is 222 g/mol. The molecule has 0 aromatic rings. The van der Waals surface area contributed by atoms with Crippen LogP contribution in [0.25, 0.3) is 0 Å². The zero-order valence-corrected chi connectivity index (χ0v) is 10.7. The summed E-state index contributed by atoms with van der Waals surface area (Å²) in [5.41, 5.74) is 1.32. The molecular weight excluding hydrogens is 196 g/mol. The highest BCUT2D eigenvalue weighted by Gasteiger charge is 2.30. The molecule has 0 bridgehead atoms. The van der Waals surface area contributed by atoms with Gasteiger partial charge in [0.15, 0.2) is 0 Å². The molecule has 2 aliphatic heterocycles. The van der Waals surface area contributed by atoms with E-state index in [-0.39, 0.29) is 0 Å². The summed E-state index contributed by atoms with van der Waals surface area (Å²) in [4.78, 5) is 2.71. The molecule has 0 aromatic carbocycles. The third kappa shape index (κ3) is 3.08. The van der Waals surface area contributed by atoms with Crippen LogP contribution in [0.4, 0.5) is 0 Å². The van der Waals surface area contributed by atoms with Gasteiger partial charge in [-0.25, -0.2) is 0 Å². The fraction of sp³-hybridized carbons (Fsp3) is 0.857. The fourth-order valence-electron chi connectivity index (χ4n) is 3.12. The zero-order valence-electron chi connectivity index (χ0n) is 10.7. The van der Waals surface area contributed by atoms with Crippen molar-refractivity contribution in [1.82, 2.24) is 10.2 Å². The van der Waals surface area contributed by atoms with Crippen molar-refractivity contribution in [3.8, 4) is 0 Å². The van der Waals surface area contributed by atoms with E-state index in [0.29, 0.717) is 0 Å². The van der Waals surface area contributed by atoms with Gasteiger partial charge in [-0.05, 0) is 52.1 Å². The van der Waals surface area contributed by atoms with Crippen LogP contribution in [0.3, 0.4) is 0 Å². The molecule has 0 saturated carbocycles. The van der Waals surface area contributed by atoms with Gasteiger partial charge in [-0.2, -0.15) is 0 Å². The summed E-state index contributed by atoms with van der Waals surface area (Å²) >= 11 is 0. The molecular formula is C14H26N2. The molecule has 2 heteroatoms. The van der Waals surface area contributed by atoms with Crippen LogP contribution in [-0.2, 0) is 0 Å². The van der Waals surface area contributed by atoms with Crippen LogP contribution in [0.5, 0.6) is 0 Å². The molecule has 2 unspecified atom stereocenters. The van der Waals surface area contributed by atoms with Crippen molar-refractivity contribution in [2.45, 2.75) is 57.5 Å². The quantitative estimate of drug-likeness (QED) is 0.735. The molecule has 0 amide bonds. The van der Waals surface area contributed by atoms with Crippen molar-refractivity contribution in [3.05, 3.63) is 12.2 Å². The summed E-state index contributed by atoms with van der Waals surface area (Å²) in [6.45, 7) is 9.92. The van der Waals surface area contributed by atoms with Crippen molar-refractivity contribution in [3.63, 3.8) is 0 Å². The summed E-state index contributed by atoms with van der Waals surface area (Å²) in [7, 11) is 0. The van der Waals surface area contributed by atoms with Crippen LogP contribution in [0.2, 0.25) is 0 Å². The van der Waals surface area contributed by atoms with E-state index in [2.05, 4.69) is 23.7 Å². The SMILES string of the molecule is C=C(C)CCN1CCCCC1C1CCCN1. The molecule has 2 rings (SSSR count). The van der Waals surface area contributed by atoms with Crippen molar-refractivity contribution in [2.75, 3.05) is 19.6 Å². The number of nitrogens with zero attached hydrogens (tertiary/aromatic N) is 1. The molecule has 2 nitrogen and oxygen atoms in total. The second kappa shape index (κ2) is 5.83. The smallest absolute Gasteiger partial charge is 0.0249 e. The Morgan fingerprint density at radius 2 is 2.19 bits per heavy atom. The van der Waals surface area contributed by atoms with Crippen LogP contribution in [0.15, 0.2) is 12.2 Å². The summed E-state index contributed by atoms with van der Waals surface area (Å²) in [5, 5.41) is 3.68. The van der Waals surface area contributed by atoms with E-state index in [4.69, 9.17) is 0 Å². The van der Waals surface area contributed by atoms with E-state index in [9.17, 15) is 0 Å². The van der Waals surface area contributed by atoms with Gasteiger partial charge in [0.05, 0.1) is 0 Å². The van der Waals surface area contributed by atoms with Gasteiger partial charge in [0, 0.05) is 18.6 Å². The summed E-state index contributed by atoms with van der Waals surface area (Å²) in [5.74, 6) is 0. The third-order valence-corrected chi connectivity index (χ3v) is 4.05. The Balaban J connectivity index is 1.88. The van der Waals surface area contributed by atoms with Gasteiger partial charge in [0.1, 0.15) is 0 Å². The maximum absolute atomic E-state index is 4.02. The Bertz CT molecular complexity index is 231. The Hall–Kier alpha value is -0.340. The van der Waals surface area contributed by atoms with Crippen molar-refractivity contribution >= 4 is 0 Å². The first-order chi connectivity index (χ1) is 7.77. The Kier molecular flexibility index (Phi) is 4.42. The third-order valence-electron chi connectivity index (χ3n) is 4.05. The van der Waals surface area contributed by atoms with Gasteiger partial charge in [0.2, 0.25) is 0 Å². The van der Waals surface area contributed by atoms with Gasteiger partial charge < -0.3 is 5.32 Å². The minimum absolute atomic E-state index is 0.769. The first-order valence-corrected chi connectivity index (χ1v) is 6.89. The molecule has 2 heterocycles. The van der Waals surface area contributed by atoms with Crippen LogP contribution >= 0.6 is 0 Å². The topological polar surface area (TPSA) is 15.3 Å². The largest absolute Gasteiger partial charge is 0.312 e. The number of rotatable bonds is 4. The minimum Gasteiger partial charge on any atom is -0.312 e. The summed E-state index contributed by atoms with van der Waals surface area (Å²) in [6, 6.07) is 1.57. The van der Waals surface area contributed by atoms with Crippen molar-refractivity contribution in [1.29, 1.82) is 0 Å². The molecule has 0 aliphatic carbocycles. The number of piperidine rings is 1. The highest BCUT2D eigenvalue weighted by Crippen LogP contribution is 2.24. The van der Waals surface area contributed by atoms with E-state index < -0.39 is 0 Å². The molecule has 2 fully saturated rings. The number of hydrogen-bond acceptors (Lipinski definition) is 2. The first-order valence-electron chi connectivity index (χ1n) is 6.89. The predicted molar refractivity (Wildman–Crippen MR) is 69.7 cm³/mol. The lowest BCUT2D eigenvalue weighted by molar-refractivity contribution is 0.121. The average Bonchev–Trinajstić information content (AvgIpc) is 2.80. The van der Waals surface area contributed by atoms with Gasteiger partial charge in [0.25, 0.3) is 0 Å². The number of nitrogens with one attached hydrogen (secondary N) is 1. The second-order valence-electron chi connectivity index (χ2n) is 5.51. The molecule has 92 valence electrons. The maximum atomic E-state index is 4.02. The Labute approximate surface area is 100 Å².